The molecule has 6 nitrogen and oxygen atoms in total. The number of guanidine groups is 1. The Morgan fingerprint density at radius 3 is 2.53 bits per heavy atom. The summed E-state index contributed by atoms with van der Waals surface area (Å²) in [5.41, 5.74) is 3.27. The van der Waals surface area contributed by atoms with Crippen molar-refractivity contribution < 1.29 is 14.2 Å². The Morgan fingerprint density at radius 2 is 1.87 bits per heavy atom. The number of hydrogen-bond donors (Lipinski definition) is 2. The van der Waals surface area contributed by atoms with Gasteiger partial charge in [0, 0.05) is 48.8 Å². The number of aryl methyl sites for hydroxylation is 1. The molecule has 0 spiro atoms. The molecular weight excluding hydrogens is 402 g/mol. The lowest BCUT2D eigenvalue weighted by atomic mass is 10.1. The highest BCUT2D eigenvalue weighted by atomic mass is 35.5. The highest BCUT2D eigenvalue weighted by Gasteiger charge is 2.17. The van der Waals surface area contributed by atoms with Crippen molar-refractivity contribution in [2.75, 3.05) is 34.0 Å². The molecule has 2 aromatic rings. The van der Waals surface area contributed by atoms with E-state index in [9.17, 15) is 0 Å². The van der Waals surface area contributed by atoms with E-state index >= 15 is 0 Å². The number of ether oxygens (including phenoxy) is 3. The summed E-state index contributed by atoms with van der Waals surface area (Å²) in [6.07, 6.45) is 1.06. The molecule has 2 N–H and O–H groups in total. The minimum absolute atomic E-state index is 0.468. The third kappa shape index (κ3) is 6.28. The SMILES string of the molecule is CN=C(NCc1ccc(Cl)cc1OC)NCc1ccc(C)cc1OCC1CCOC1. The summed E-state index contributed by atoms with van der Waals surface area (Å²) in [5, 5.41) is 7.32. The molecular formula is C23H30ClN3O3. The maximum Gasteiger partial charge on any atom is 0.191 e. The number of rotatable bonds is 8. The molecule has 1 aliphatic heterocycles. The van der Waals surface area contributed by atoms with Crippen LogP contribution < -0.4 is 20.1 Å². The van der Waals surface area contributed by atoms with Gasteiger partial charge in [0.2, 0.25) is 0 Å². The molecule has 162 valence electrons. The minimum Gasteiger partial charge on any atom is -0.496 e. The van der Waals surface area contributed by atoms with Crippen LogP contribution in [0.1, 0.15) is 23.1 Å². The molecule has 0 radical (unpaired) electrons. The monoisotopic (exact) mass is 431 g/mol. The first kappa shape index (κ1) is 22.2. The Labute approximate surface area is 183 Å². The molecule has 1 unspecified atom stereocenters. The largest absolute Gasteiger partial charge is 0.496 e. The Bertz CT molecular complexity index is 867. The molecule has 1 aliphatic rings. The zero-order valence-electron chi connectivity index (χ0n) is 17.8. The zero-order valence-corrected chi connectivity index (χ0v) is 18.6. The van der Waals surface area contributed by atoms with Crippen molar-refractivity contribution in [3.8, 4) is 11.5 Å². The highest BCUT2D eigenvalue weighted by molar-refractivity contribution is 6.30. The standard InChI is InChI=1S/C23H30ClN3O3/c1-16-4-5-19(22(10-16)30-15-17-8-9-29-14-17)13-27-23(25-2)26-12-18-6-7-20(24)11-21(18)28-3/h4-7,10-11,17H,8-9,12-15H2,1-3H3,(H2,25,26,27). The van der Waals surface area contributed by atoms with Gasteiger partial charge in [-0.25, -0.2) is 0 Å². The average molecular weight is 432 g/mol. The minimum atomic E-state index is 0.468. The van der Waals surface area contributed by atoms with Gasteiger partial charge in [-0.1, -0.05) is 29.8 Å². The van der Waals surface area contributed by atoms with Gasteiger partial charge < -0.3 is 24.8 Å². The first-order valence-corrected chi connectivity index (χ1v) is 10.5. The van der Waals surface area contributed by atoms with Gasteiger partial charge in [0.25, 0.3) is 0 Å². The van der Waals surface area contributed by atoms with E-state index in [4.69, 9.17) is 25.8 Å². The number of halogens is 1. The van der Waals surface area contributed by atoms with Crippen molar-refractivity contribution in [2.45, 2.75) is 26.4 Å². The molecule has 7 heteroatoms. The lowest BCUT2D eigenvalue weighted by molar-refractivity contribution is 0.166. The molecule has 1 saturated heterocycles. The Balaban J connectivity index is 1.58. The van der Waals surface area contributed by atoms with Crippen LogP contribution in [-0.4, -0.2) is 39.9 Å². The van der Waals surface area contributed by atoms with Gasteiger partial charge in [-0.2, -0.15) is 0 Å². The summed E-state index contributed by atoms with van der Waals surface area (Å²) < 4.78 is 17.0. The lowest BCUT2D eigenvalue weighted by Crippen LogP contribution is -2.36. The van der Waals surface area contributed by atoms with E-state index in [1.807, 2.05) is 12.1 Å². The van der Waals surface area contributed by atoms with Crippen molar-refractivity contribution in [3.05, 3.63) is 58.1 Å². The van der Waals surface area contributed by atoms with Crippen LogP contribution in [0.25, 0.3) is 0 Å². The molecule has 30 heavy (non-hydrogen) atoms. The number of nitrogens with one attached hydrogen (secondary N) is 2. The number of hydrogen-bond acceptors (Lipinski definition) is 4. The molecule has 0 bridgehead atoms. The van der Waals surface area contributed by atoms with Crippen molar-refractivity contribution in [1.29, 1.82) is 0 Å². The first-order valence-electron chi connectivity index (χ1n) is 10.2. The summed E-state index contributed by atoms with van der Waals surface area (Å²) in [7, 11) is 3.39. The van der Waals surface area contributed by atoms with Crippen molar-refractivity contribution in [2.24, 2.45) is 10.9 Å². The molecule has 1 fully saturated rings. The van der Waals surface area contributed by atoms with Crippen molar-refractivity contribution in [1.82, 2.24) is 10.6 Å². The maximum atomic E-state index is 6.13. The third-order valence-electron chi connectivity index (χ3n) is 5.09. The fraction of sp³-hybridized carbons (Fsp3) is 0.435. The van der Waals surface area contributed by atoms with E-state index in [0.29, 0.717) is 36.6 Å². The quantitative estimate of drug-likeness (QED) is 0.489. The van der Waals surface area contributed by atoms with E-state index < -0.39 is 0 Å². The summed E-state index contributed by atoms with van der Waals surface area (Å²) in [5.74, 6) is 2.82. The average Bonchev–Trinajstić information content (AvgIpc) is 3.27. The fourth-order valence-corrected chi connectivity index (χ4v) is 3.47. The highest BCUT2D eigenvalue weighted by Crippen LogP contribution is 2.24. The Kier molecular flexibility index (Phi) is 8.22. The topological polar surface area (TPSA) is 64.1 Å². The van der Waals surface area contributed by atoms with Crippen LogP contribution in [0.15, 0.2) is 41.4 Å². The van der Waals surface area contributed by atoms with Crippen LogP contribution in [-0.2, 0) is 17.8 Å². The molecule has 0 aliphatic carbocycles. The normalized spacial score (nSPS) is 16.4. The van der Waals surface area contributed by atoms with E-state index in [1.54, 1.807) is 20.2 Å². The van der Waals surface area contributed by atoms with Gasteiger partial charge in [-0.05, 0) is 37.1 Å². The van der Waals surface area contributed by atoms with E-state index in [2.05, 4.69) is 40.7 Å². The number of benzene rings is 2. The van der Waals surface area contributed by atoms with Gasteiger partial charge in [0.15, 0.2) is 5.96 Å². The molecule has 0 amide bonds. The Hall–Kier alpha value is -2.44. The van der Waals surface area contributed by atoms with Crippen LogP contribution in [0.2, 0.25) is 5.02 Å². The predicted octanol–water partition coefficient (Wildman–Crippen LogP) is 3.94. The van der Waals surface area contributed by atoms with Gasteiger partial charge in [0.1, 0.15) is 11.5 Å². The van der Waals surface area contributed by atoms with Crippen LogP contribution >= 0.6 is 11.6 Å². The summed E-state index contributed by atoms with van der Waals surface area (Å²) >= 11 is 6.04. The number of aliphatic imine (C=N–C) groups is 1. The summed E-state index contributed by atoms with van der Waals surface area (Å²) in [6, 6.07) is 11.9. The molecule has 3 rings (SSSR count). The molecule has 0 saturated carbocycles. The van der Waals surface area contributed by atoms with Gasteiger partial charge in [-0.3, -0.25) is 4.99 Å². The first-order chi connectivity index (χ1) is 14.6. The van der Waals surface area contributed by atoms with Gasteiger partial charge >= 0.3 is 0 Å². The molecule has 1 atom stereocenters. The van der Waals surface area contributed by atoms with Crippen molar-refractivity contribution >= 4 is 17.6 Å². The summed E-state index contributed by atoms with van der Waals surface area (Å²) in [6.45, 7) is 5.54. The third-order valence-corrected chi connectivity index (χ3v) is 5.32. The maximum absolute atomic E-state index is 6.13. The fourth-order valence-electron chi connectivity index (χ4n) is 3.31. The zero-order chi connectivity index (χ0) is 21.3. The van der Waals surface area contributed by atoms with Crippen molar-refractivity contribution in [3.63, 3.8) is 0 Å². The van der Waals surface area contributed by atoms with Crippen LogP contribution in [0.4, 0.5) is 0 Å². The molecule has 2 aromatic carbocycles. The van der Waals surface area contributed by atoms with E-state index in [-0.39, 0.29) is 0 Å². The Morgan fingerprint density at radius 1 is 1.13 bits per heavy atom. The van der Waals surface area contributed by atoms with Gasteiger partial charge in [0.05, 0.1) is 20.3 Å². The van der Waals surface area contributed by atoms with Crippen LogP contribution in [0.5, 0.6) is 11.5 Å². The molecule has 1 heterocycles. The second kappa shape index (κ2) is 11.1. The smallest absolute Gasteiger partial charge is 0.191 e. The van der Waals surface area contributed by atoms with E-state index in [1.165, 1.54) is 5.56 Å². The van der Waals surface area contributed by atoms with Gasteiger partial charge in [-0.15, -0.1) is 0 Å². The number of methoxy groups -OCH3 is 1. The molecule has 0 aromatic heterocycles. The van der Waals surface area contributed by atoms with Crippen LogP contribution in [0.3, 0.4) is 0 Å². The van der Waals surface area contributed by atoms with Crippen LogP contribution in [0, 0.1) is 12.8 Å². The second-order valence-corrected chi connectivity index (χ2v) is 7.82. The van der Waals surface area contributed by atoms with E-state index in [0.717, 1.165) is 42.3 Å². The second-order valence-electron chi connectivity index (χ2n) is 7.39. The predicted molar refractivity (Wildman–Crippen MR) is 121 cm³/mol. The lowest BCUT2D eigenvalue weighted by Gasteiger charge is -2.17. The summed E-state index contributed by atoms with van der Waals surface area (Å²) in [4.78, 5) is 4.32. The number of nitrogens with zero attached hydrogens (tertiary/aromatic N) is 1.